The Morgan fingerprint density at radius 1 is 1.06 bits per heavy atom. The number of hydrogen-bond donors (Lipinski definition) is 1. The monoisotopic (exact) mass is 502 g/mol. The molecule has 1 aliphatic rings. The van der Waals surface area contributed by atoms with E-state index >= 15 is 0 Å². The lowest BCUT2D eigenvalue weighted by Gasteiger charge is -2.34. The lowest BCUT2D eigenvalue weighted by Crippen LogP contribution is -2.51. The van der Waals surface area contributed by atoms with Crippen molar-refractivity contribution in [3.05, 3.63) is 77.8 Å². The van der Waals surface area contributed by atoms with E-state index in [1.54, 1.807) is 55.6 Å². The first-order chi connectivity index (χ1) is 16.4. The number of nitrogens with zero attached hydrogens (tertiary/aromatic N) is 1. The van der Waals surface area contributed by atoms with E-state index in [-0.39, 0.29) is 24.6 Å². The van der Waals surface area contributed by atoms with Gasteiger partial charge < -0.3 is 19.5 Å². The van der Waals surface area contributed by atoms with Gasteiger partial charge in [-0.2, -0.15) is 0 Å². The van der Waals surface area contributed by atoms with Crippen LogP contribution >= 0.6 is 11.6 Å². The van der Waals surface area contributed by atoms with Crippen molar-refractivity contribution in [1.29, 1.82) is 0 Å². The second-order valence-electron chi connectivity index (χ2n) is 7.38. The molecule has 0 fully saturated rings. The SMILES string of the molecule is COc1ccc(OCCNC(=O)[C@H]2CN(S(=O)(=O)c3ccc(Cl)cc3)c3ccccc3O2)cc1. The Labute approximate surface area is 203 Å². The molecule has 178 valence electrons. The number of anilines is 1. The van der Waals surface area contributed by atoms with Gasteiger partial charge in [-0.25, -0.2) is 8.42 Å². The van der Waals surface area contributed by atoms with Crippen molar-refractivity contribution in [1.82, 2.24) is 5.32 Å². The molecule has 3 aromatic carbocycles. The van der Waals surface area contributed by atoms with E-state index in [2.05, 4.69) is 5.32 Å². The van der Waals surface area contributed by atoms with E-state index < -0.39 is 22.0 Å². The van der Waals surface area contributed by atoms with Crippen LogP contribution in [0.2, 0.25) is 5.02 Å². The number of methoxy groups -OCH3 is 1. The molecule has 1 heterocycles. The van der Waals surface area contributed by atoms with Crippen molar-refractivity contribution in [2.45, 2.75) is 11.0 Å². The summed E-state index contributed by atoms with van der Waals surface area (Å²) in [6.45, 7) is 0.275. The van der Waals surface area contributed by atoms with E-state index in [4.69, 9.17) is 25.8 Å². The normalized spacial score (nSPS) is 15.1. The maximum Gasteiger partial charge on any atom is 0.264 e. The van der Waals surface area contributed by atoms with Crippen molar-refractivity contribution in [2.75, 3.05) is 31.1 Å². The van der Waals surface area contributed by atoms with E-state index in [0.717, 1.165) is 0 Å². The second-order valence-corrected chi connectivity index (χ2v) is 9.68. The van der Waals surface area contributed by atoms with Gasteiger partial charge >= 0.3 is 0 Å². The molecular formula is C24H23ClN2O6S. The number of hydrogen-bond acceptors (Lipinski definition) is 6. The number of sulfonamides is 1. The van der Waals surface area contributed by atoms with Crippen molar-refractivity contribution in [2.24, 2.45) is 0 Å². The largest absolute Gasteiger partial charge is 0.497 e. The molecule has 0 unspecified atom stereocenters. The Kier molecular flexibility index (Phi) is 7.14. The minimum atomic E-state index is -3.95. The van der Waals surface area contributed by atoms with Crippen LogP contribution in [0.3, 0.4) is 0 Å². The topological polar surface area (TPSA) is 94.2 Å². The van der Waals surface area contributed by atoms with Crippen LogP contribution in [0.4, 0.5) is 5.69 Å². The molecule has 1 amide bonds. The van der Waals surface area contributed by atoms with Crippen LogP contribution in [0.1, 0.15) is 0 Å². The minimum Gasteiger partial charge on any atom is -0.497 e. The standard InChI is InChI=1S/C24H23ClN2O6S/c1-31-18-8-10-19(11-9-18)32-15-14-26-24(28)23-16-27(21-4-2-3-5-22(21)33-23)34(29,30)20-12-6-17(25)7-13-20/h2-13,23H,14-16H2,1H3,(H,26,28)/t23-/m1/s1. The molecular weight excluding hydrogens is 480 g/mol. The molecule has 1 aliphatic heterocycles. The number of carbonyl (C=O) groups is 1. The van der Waals surface area contributed by atoms with Crippen LogP contribution in [-0.4, -0.2) is 47.2 Å². The third-order valence-corrected chi connectivity index (χ3v) is 7.20. The Bertz CT molecular complexity index is 1250. The number of para-hydroxylation sites is 2. The summed E-state index contributed by atoms with van der Waals surface area (Å²) in [7, 11) is -2.36. The highest BCUT2D eigenvalue weighted by atomic mass is 35.5. The van der Waals surface area contributed by atoms with Gasteiger partial charge in [0, 0.05) is 5.02 Å². The highest BCUT2D eigenvalue weighted by Gasteiger charge is 2.37. The number of benzene rings is 3. The van der Waals surface area contributed by atoms with Gasteiger partial charge in [0.1, 0.15) is 23.9 Å². The fourth-order valence-electron chi connectivity index (χ4n) is 3.43. The number of ether oxygens (including phenoxy) is 3. The lowest BCUT2D eigenvalue weighted by molar-refractivity contribution is -0.127. The molecule has 1 atom stereocenters. The fourth-order valence-corrected chi connectivity index (χ4v) is 5.03. The molecule has 0 saturated heterocycles. The predicted molar refractivity (Wildman–Crippen MR) is 128 cm³/mol. The number of rotatable bonds is 8. The molecule has 0 aromatic heterocycles. The average molecular weight is 503 g/mol. The minimum absolute atomic E-state index is 0.0700. The lowest BCUT2D eigenvalue weighted by atomic mass is 10.2. The third kappa shape index (κ3) is 5.21. The Balaban J connectivity index is 1.43. The van der Waals surface area contributed by atoms with Crippen LogP contribution in [0, 0.1) is 0 Å². The first-order valence-corrected chi connectivity index (χ1v) is 12.3. The summed E-state index contributed by atoms with van der Waals surface area (Å²) in [5.41, 5.74) is 0.365. The predicted octanol–water partition coefficient (Wildman–Crippen LogP) is 3.50. The van der Waals surface area contributed by atoms with Crippen LogP contribution < -0.4 is 23.8 Å². The molecule has 4 rings (SSSR count). The number of fused-ring (bicyclic) bond motifs is 1. The number of halogens is 1. The Hall–Kier alpha value is -3.43. The first-order valence-electron chi connectivity index (χ1n) is 10.5. The van der Waals surface area contributed by atoms with E-state index in [0.29, 0.717) is 28.0 Å². The number of amides is 1. The molecule has 8 nitrogen and oxygen atoms in total. The molecule has 0 bridgehead atoms. The summed E-state index contributed by atoms with van der Waals surface area (Å²) >= 11 is 5.91. The molecule has 0 aliphatic carbocycles. The maximum absolute atomic E-state index is 13.4. The van der Waals surface area contributed by atoms with Gasteiger partial charge in [0.15, 0.2) is 6.10 Å². The maximum atomic E-state index is 13.4. The third-order valence-electron chi connectivity index (χ3n) is 5.16. The summed E-state index contributed by atoms with van der Waals surface area (Å²) in [5.74, 6) is 1.22. The van der Waals surface area contributed by atoms with Gasteiger partial charge in [-0.1, -0.05) is 23.7 Å². The van der Waals surface area contributed by atoms with Crippen molar-refractivity contribution >= 4 is 33.2 Å². The van der Waals surface area contributed by atoms with Gasteiger partial charge in [0.2, 0.25) is 0 Å². The molecule has 34 heavy (non-hydrogen) atoms. The van der Waals surface area contributed by atoms with E-state index in [1.807, 2.05) is 0 Å². The van der Waals surface area contributed by atoms with Gasteiger partial charge in [-0.3, -0.25) is 9.10 Å². The van der Waals surface area contributed by atoms with Gasteiger partial charge in [-0.15, -0.1) is 0 Å². The van der Waals surface area contributed by atoms with E-state index in [1.165, 1.54) is 28.6 Å². The Morgan fingerprint density at radius 3 is 2.44 bits per heavy atom. The summed E-state index contributed by atoms with van der Waals surface area (Å²) in [4.78, 5) is 12.9. The molecule has 0 radical (unpaired) electrons. The fraction of sp³-hybridized carbons (Fsp3) is 0.208. The van der Waals surface area contributed by atoms with Crippen LogP contribution in [0.15, 0.2) is 77.7 Å². The van der Waals surface area contributed by atoms with Crippen molar-refractivity contribution in [3.63, 3.8) is 0 Å². The number of carbonyl (C=O) groups excluding carboxylic acids is 1. The van der Waals surface area contributed by atoms with E-state index in [9.17, 15) is 13.2 Å². The summed E-state index contributed by atoms with van der Waals surface area (Å²) in [6.07, 6.45) is -1.03. The molecule has 0 spiro atoms. The van der Waals surface area contributed by atoms with Gasteiger partial charge in [0.25, 0.3) is 15.9 Å². The van der Waals surface area contributed by atoms with Crippen molar-refractivity contribution < 1.29 is 27.4 Å². The van der Waals surface area contributed by atoms with Crippen LogP contribution in [-0.2, 0) is 14.8 Å². The van der Waals surface area contributed by atoms with Crippen LogP contribution in [0.5, 0.6) is 17.2 Å². The Morgan fingerprint density at radius 2 is 1.74 bits per heavy atom. The van der Waals surface area contributed by atoms with Crippen LogP contribution in [0.25, 0.3) is 0 Å². The van der Waals surface area contributed by atoms with Crippen molar-refractivity contribution in [3.8, 4) is 17.2 Å². The van der Waals surface area contributed by atoms with Gasteiger partial charge in [0.05, 0.1) is 30.8 Å². The van der Waals surface area contributed by atoms with Gasteiger partial charge in [-0.05, 0) is 60.7 Å². The summed E-state index contributed by atoms with van der Waals surface area (Å²) in [5, 5.41) is 3.17. The molecule has 10 heteroatoms. The molecule has 0 saturated carbocycles. The molecule has 3 aromatic rings. The quantitative estimate of drug-likeness (QED) is 0.474. The average Bonchev–Trinajstić information content (AvgIpc) is 2.86. The smallest absolute Gasteiger partial charge is 0.264 e. The zero-order chi connectivity index (χ0) is 24.1. The summed E-state index contributed by atoms with van der Waals surface area (Å²) in [6, 6.07) is 19.7. The highest BCUT2D eigenvalue weighted by molar-refractivity contribution is 7.92. The second kappa shape index (κ2) is 10.2. The summed E-state index contributed by atoms with van der Waals surface area (Å²) < 4.78 is 44.4. The first kappa shape index (κ1) is 23.7. The zero-order valence-electron chi connectivity index (χ0n) is 18.3. The number of nitrogens with one attached hydrogen (secondary N) is 1. The zero-order valence-corrected chi connectivity index (χ0v) is 19.9. The highest BCUT2D eigenvalue weighted by Crippen LogP contribution is 2.36. The molecule has 1 N–H and O–H groups in total.